The van der Waals surface area contributed by atoms with Gasteiger partial charge >= 0.3 is 5.97 Å². The number of aromatic carboxylic acids is 1. The number of benzene rings is 2. The van der Waals surface area contributed by atoms with E-state index in [0.29, 0.717) is 0 Å². The van der Waals surface area contributed by atoms with Gasteiger partial charge in [-0.05, 0) is 18.2 Å². The zero-order chi connectivity index (χ0) is 21.6. The summed E-state index contributed by atoms with van der Waals surface area (Å²) in [6.45, 7) is -2.02. The molecule has 0 radical (unpaired) electrons. The van der Waals surface area contributed by atoms with Gasteiger partial charge < -0.3 is 14.6 Å². The standard InChI is InChI=1S/C17H15F4NO6S/c18-15(19)8-27-12-5-11(6-13(7-12)28-9-16(20)21)22-29(25,26)14-3-1-2-10(4-14)17(23)24/h1-7,15-16,22H,8-9H2,(H,23,24). The number of hydrogen-bond donors (Lipinski definition) is 2. The average Bonchev–Trinajstić information content (AvgIpc) is 2.64. The molecule has 0 saturated heterocycles. The maximum absolute atomic E-state index is 12.5. The van der Waals surface area contributed by atoms with Crippen molar-refractivity contribution in [3.05, 3.63) is 48.0 Å². The first kappa shape index (κ1) is 22.3. The second-order valence-electron chi connectivity index (χ2n) is 5.54. The minimum absolute atomic E-state index is 0.221. The molecule has 0 heterocycles. The molecule has 2 aromatic carbocycles. The van der Waals surface area contributed by atoms with Gasteiger partial charge in [0.15, 0.2) is 0 Å². The topological polar surface area (TPSA) is 102 Å². The summed E-state index contributed by atoms with van der Waals surface area (Å²) in [5.41, 5.74) is -0.496. The molecule has 2 aromatic rings. The zero-order valence-corrected chi connectivity index (χ0v) is 15.3. The number of carboxylic acids is 1. The number of hydrogen-bond acceptors (Lipinski definition) is 5. The SMILES string of the molecule is O=C(O)c1cccc(S(=O)(=O)Nc2cc(OCC(F)F)cc(OCC(F)F)c2)c1. The first-order chi connectivity index (χ1) is 13.6. The number of rotatable bonds is 10. The summed E-state index contributed by atoms with van der Waals surface area (Å²) < 4.78 is 86.1. The Morgan fingerprint density at radius 2 is 1.52 bits per heavy atom. The first-order valence-electron chi connectivity index (χ1n) is 7.90. The fraction of sp³-hybridized carbons (Fsp3) is 0.235. The van der Waals surface area contributed by atoms with Crippen molar-refractivity contribution < 1.29 is 45.4 Å². The van der Waals surface area contributed by atoms with Crippen molar-refractivity contribution in [2.45, 2.75) is 17.7 Å². The molecular weight excluding hydrogens is 422 g/mol. The maximum atomic E-state index is 12.5. The molecule has 29 heavy (non-hydrogen) atoms. The predicted octanol–water partition coefficient (Wildman–Crippen LogP) is 3.47. The fourth-order valence-electron chi connectivity index (χ4n) is 2.13. The number of halogens is 4. The summed E-state index contributed by atoms with van der Waals surface area (Å²) in [5, 5.41) is 8.97. The van der Waals surface area contributed by atoms with E-state index in [1.807, 2.05) is 0 Å². The molecule has 0 aliphatic rings. The zero-order valence-electron chi connectivity index (χ0n) is 14.5. The van der Waals surface area contributed by atoms with Gasteiger partial charge in [0, 0.05) is 18.2 Å². The Balaban J connectivity index is 2.33. The Bertz CT molecular complexity index is 938. The van der Waals surface area contributed by atoms with E-state index in [9.17, 15) is 30.8 Å². The summed E-state index contributed by atoms with van der Waals surface area (Å²) in [4.78, 5) is 10.6. The number of carbonyl (C=O) groups is 1. The molecule has 0 saturated carbocycles. The molecule has 7 nitrogen and oxygen atoms in total. The van der Waals surface area contributed by atoms with Crippen molar-refractivity contribution >= 4 is 21.7 Å². The Kier molecular flexibility index (Phi) is 7.26. The molecule has 2 N–H and O–H groups in total. The van der Waals surface area contributed by atoms with Gasteiger partial charge in [-0.15, -0.1) is 0 Å². The molecule has 0 unspecified atom stereocenters. The van der Waals surface area contributed by atoms with Gasteiger partial charge in [-0.1, -0.05) is 6.07 Å². The lowest BCUT2D eigenvalue weighted by molar-refractivity contribution is 0.0696. The molecular formula is C17H15F4NO6S. The lowest BCUT2D eigenvalue weighted by Gasteiger charge is -2.14. The number of anilines is 1. The normalized spacial score (nSPS) is 11.5. The van der Waals surface area contributed by atoms with E-state index in [1.165, 1.54) is 12.1 Å². The largest absolute Gasteiger partial charge is 0.487 e. The van der Waals surface area contributed by atoms with Gasteiger partial charge in [-0.2, -0.15) is 0 Å². The van der Waals surface area contributed by atoms with Crippen LogP contribution < -0.4 is 14.2 Å². The van der Waals surface area contributed by atoms with Crippen LogP contribution in [-0.4, -0.2) is 45.6 Å². The molecule has 0 bridgehead atoms. The lowest BCUT2D eigenvalue weighted by atomic mass is 10.2. The second-order valence-corrected chi connectivity index (χ2v) is 7.22. The van der Waals surface area contributed by atoms with Crippen molar-refractivity contribution in [1.82, 2.24) is 0 Å². The van der Waals surface area contributed by atoms with Crippen molar-refractivity contribution in [3.8, 4) is 11.5 Å². The molecule has 0 atom stereocenters. The van der Waals surface area contributed by atoms with Crippen molar-refractivity contribution in [2.75, 3.05) is 17.9 Å². The summed E-state index contributed by atoms with van der Waals surface area (Å²) in [6, 6.07) is 7.62. The summed E-state index contributed by atoms with van der Waals surface area (Å²) in [6.07, 6.45) is -5.64. The highest BCUT2D eigenvalue weighted by molar-refractivity contribution is 7.92. The number of sulfonamides is 1. The highest BCUT2D eigenvalue weighted by atomic mass is 32.2. The third-order valence-electron chi connectivity index (χ3n) is 3.28. The first-order valence-corrected chi connectivity index (χ1v) is 9.38. The highest BCUT2D eigenvalue weighted by Gasteiger charge is 2.18. The molecule has 0 aromatic heterocycles. The van der Waals surface area contributed by atoms with E-state index < -0.39 is 42.1 Å². The third kappa shape index (κ3) is 6.82. The predicted molar refractivity (Wildman–Crippen MR) is 93.6 cm³/mol. The minimum atomic E-state index is -4.29. The van der Waals surface area contributed by atoms with Crippen LogP contribution >= 0.6 is 0 Å². The Morgan fingerprint density at radius 3 is 2.00 bits per heavy atom. The number of alkyl halides is 4. The van der Waals surface area contributed by atoms with Crippen LogP contribution in [0.25, 0.3) is 0 Å². The Labute approximate surface area is 162 Å². The number of nitrogens with one attached hydrogen (secondary N) is 1. The van der Waals surface area contributed by atoms with Crippen LogP contribution in [-0.2, 0) is 10.0 Å². The second kappa shape index (κ2) is 9.45. The Hall–Kier alpha value is -3.02. The Morgan fingerprint density at radius 1 is 0.966 bits per heavy atom. The van der Waals surface area contributed by atoms with Crippen molar-refractivity contribution in [3.63, 3.8) is 0 Å². The lowest BCUT2D eigenvalue weighted by Crippen LogP contribution is -2.14. The molecule has 2 rings (SSSR count). The van der Waals surface area contributed by atoms with E-state index in [0.717, 1.165) is 30.3 Å². The smallest absolute Gasteiger partial charge is 0.335 e. The van der Waals surface area contributed by atoms with Gasteiger partial charge in [-0.3, -0.25) is 4.72 Å². The van der Waals surface area contributed by atoms with E-state index >= 15 is 0 Å². The quantitative estimate of drug-likeness (QED) is 0.552. The maximum Gasteiger partial charge on any atom is 0.335 e. The van der Waals surface area contributed by atoms with Gasteiger partial charge in [0.2, 0.25) is 0 Å². The summed E-state index contributed by atoms with van der Waals surface area (Å²) in [5.74, 6) is -1.82. The number of carboxylic acid groups (broad SMARTS) is 1. The van der Waals surface area contributed by atoms with Gasteiger partial charge in [-0.25, -0.2) is 30.8 Å². The molecule has 0 aliphatic carbocycles. The number of ether oxygens (including phenoxy) is 2. The van der Waals surface area contributed by atoms with Crippen molar-refractivity contribution in [2.24, 2.45) is 0 Å². The molecule has 0 spiro atoms. The third-order valence-corrected chi connectivity index (χ3v) is 4.65. The summed E-state index contributed by atoms with van der Waals surface area (Å²) >= 11 is 0. The van der Waals surface area contributed by atoms with Gasteiger partial charge in [0.1, 0.15) is 24.7 Å². The summed E-state index contributed by atoms with van der Waals surface area (Å²) in [7, 11) is -4.29. The van der Waals surface area contributed by atoms with E-state index in [1.54, 1.807) is 0 Å². The molecule has 0 fully saturated rings. The van der Waals surface area contributed by atoms with Crippen LogP contribution in [0.15, 0.2) is 47.4 Å². The van der Waals surface area contributed by atoms with Crippen molar-refractivity contribution in [1.29, 1.82) is 0 Å². The molecule has 0 aliphatic heterocycles. The van der Waals surface area contributed by atoms with Crippen LogP contribution in [0.1, 0.15) is 10.4 Å². The fourth-order valence-corrected chi connectivity index (χ4v) is 3.21. The highest BCUT2D eigenvalue weighted by Crippen LogP contribution is 2.29. The average molecular weight is 437 g/mol. The molecule has 158 valence electrons. The van der Waals surface area contributed by atoms with Crippen LogP contribution in [0.3, 0.4) is 0 Å². The van der Waals surface area contributed by atoms with E-state index in [2.05, 4.69) is 4.72 Å². The van der Waals surface area contributed by atoms with Gasteiger partial charge in [0.05, 0.1) is 16.1 Å². The molecule has 0 amide bonds. The minimum Gasteiger partial charge on any atom is -0.487 e. The van der Waals surface area contributed by atoms with Crippen LogP contribution in [0, 0.1) is 0 Å². The van der Waals surface area contributed by atoms with E-state index in [-0.39, 0.29) is 27.6 Å². The molecule has 12 heteroatoms. The van der Waals surface area contributed by atoms with Crippen LogP contribution in [0.2, 0.25) is 0 Å². The van der Waals surface area contributed by atoms with E-state index in [4.69, 9.17) is 14.6 Å². The van der Waals surface area contributed by atoms with Crippen LogP contribution in [0.5, 0.6) is 11.5 Å². The monoisotopic (exact) mass is 437 g/mol. The van der Waals surface area contributed by atoms with Crippen LogP contribution in [0.4, 0.5) is 23.2 Å². The van der Waals surface area contributed by atoms with Gasteiger partial charge in [0.25, 0.3) is 22.9 Å².